The van der Waals surface area contributed by atoms with Crippen LogP contribution in [0.5, 0.6) is 5.75 Å². The second-order valence-corrected chi connectivity index (χ2v) is 6.20. The highest BCUT2D eigenvalue weighted by molar-refractivity contribution is 14.1. The highest BCUT2D eigenvalue weighted by atomic mass is 127. The summed E-state index contributed by atoms with van der Waals surface area (Å²) in [6, 6.07) is 5.62. The van der Waals surface area contributed by atoms with Gasteiger partial charge in [-0.3, -0.25) is 0 Å². The number of nitrogens with zero attached hydrogens (tertiary/aromatic N) is 1. The summed E-state index contributed by atoms with van der Waals surface area (Å²) in [4.78, 5) is 12.3. The lowest BCUT2D eigenvalue weighted by Crippen LogP contribution is -2.37. The van der Waals surface area contributed by atoms with Crippen LogP contribution in [0.3, 0.4) is 0 Å². The number of carboxylic acid groups (broad SMARTS) is 1. The van der Waals surface area contributed by atoms with E-state index in [0.29, 0.717) is 25.6 Å². The third-order valence-corrected chi connectivity index (χ3v) is 4.47. The first-order valence-electron chi connectivity index (χ1n) is 6.72. The largest absolute Gasteiger partial charge is 0.492 e. The normalized spacial score (nSPS) is 16.1. The van der Waals surface area contributed by atoms with Crippen molar-refractivity contribution >= 4 is 34.4 Å². The van der Waals surface area contributed by atoms with E-state index < -0.39 is 6.09 Å². The number of nitrogens with two attached hydrogens (primary N) is 1. The standard InChI is InChI=1S/C14H19IN2O3/c15-12-9-11(16)1-2-13(12)20-8-5-10-3-6-17(7-4-10)14(18)19/h1-2,9-10H,3-8,16H2,(H,18,19). The third kappa shape index (κ3) is 4.16. The van der Waals surface area contributed by atoms with Gasteiger partial charge in [-0.1, -0.05) is 0 Å². The molecule has 20 heavy (non-hydrogen) atoms. The van der Waals surface area contributed by atoms with Crippen molar-refractivity contribution in [1.82, 2.24) is 4.90 Å². The number of ether oxygens (including phenoxy) is 1. The Morgan fingerprint density at radius 1 is 1.45 bits per heavy atom. The Balaban J connectivity index is 1.73. The van der Waals surface area contributed by atoms with E-state index in [-0.39, 0.29) is 0 Å². The van der Waals surface area contributed by atoms with Gasteiger partial charge in [-0.2, -0.15) is 0 Å². The van der Waals surface area contributed by atoms with Gasteiger partial charge in [0.15, 0.2) is 0 Å². The van der Waals surface area contributed by atoms with Crippen molar-refractivity contribution in [3.8, 4) is 5.75 Å². The van der Waals surface area contributed by atoms with Crippen molar-refractivity contribution in [2.75, 3.05) is 25.4 Å². The Kier molecular flexibility index (Phi) is 5.33. The molecule has 6 heteroatoms. The molecule has 1 amide bonds. The number of rotatable bonds is 4. The molecule has 1 aromatic rings. The van der Waals surface area contributed by atoms with Crippen LogP contribution in [0.4, 0.5) is 10.5 Å². The average molecular weight is 390 g/mol. The van der Waals surface area contributed by atoms with Crippen LogP contribution in [0.15, 0.2) is 18.2 Å². The Bertz CT molecular complexity index is 473. The molecule has 2 rings (SSSR count). The van der Waals surface area contributed by atoms with Crippen LogP contribution in [-0.4, -0.2) is 35.8 Å². The molecular formula is C14H19IN2O3. The van der Waals surface area contributed by atoms with Crippen LogP contribution < -0.4 is 10.5 Å². The molecule has 5 nitrogen and oxygen atoms in total. The number of likely N-dealkylation sites (tertiary alicyclic amines) is 1. The number of amides is 1. The second-order valence-electron chi connectivity index (χ2n) is 5.04. The van der Waals surface area contributed by atoms with E-state index in [4.69, 9.17) is 15.6 Å². The predicted molar refractivity (Wildman–Crippen MR) is 86.0 cm³/mol. The maximum Gasteiger partial charge on any atom is 0.407 e. The maximum absolute atomic E-state index is 10.8. The Hall–Kier alpha value is -1.18. The number of hydrogen-bond donors (Lipinski definition) is 2. The predicted octanol–water partition coefficient (Wildman–Crippen LogP) is 3.03. The molecule has 0 bridgehead atoms. The summed E-state index contributed by atoms with van der Waals surface area (Å²) >= 11 is 2.21. The Morgan fingerprint density at radius 2 is 2.15 bits per heavy atom. The van der Waals surface area contributed by atoms with Crippen molar-refractivity contribution in [3.05, 3.63) is 21.8 Å². The smallest absolute Gasteiger partial charge is 0.407 e. The molecule has 1 aliphatic heterocycles. The summed E-state index contributed by atoms with van der Waals surface area (Å²) in [5, 5.41) is 8.89. The van der Waals surface area contributed by atoms with Gasteiger partial charge in [0.25, 0.3) is 0 Å². The zero-order valence-electron chi connectivity index (χ0n) is 11.2. The van der Waals surface area contributed by atoms with Crippen molar-refractivity contribution in [2.24, 2.45) is 5.92 Å². The molecule has 0 aliphatic carbocycles. The van der Waals surface area contributed by atoms with Gasteiger partial charge in [0.05, 0.1) is 10.2 Å². The van der Waals surface area contributed by atoms with Gasteiger partial charge < -0.3 is 20.5 Å². The lowest BCUT2D eigenvalue weighted by molar-refractivity contribution is 0.119. The number of hydrogen-bond acceptors (Lipinski definition) is 3. The molecule has 3 N–H and O–H groups in total. The third-order valence-electron chi connectivity index (χ3n) is 3.62. The lowest BCUT2D eigenvalue weighted by Gasteiger charge is -2.29. The molecule has 0 aromatic heterocycles. The molecule has 1 fully saturated rings. The summed E-state index contributed by atoms with van der Waals surface area (Å²) in [6.07, 6.45) is 2.01. The van der Waals surface area contributed by atoms with Gasteiger partial charge >= 0.3 is 6.09 Å². The Labute approximate surface area is 132 Å². The average Bonchev–Trinajstić information content (AvgIpc) is 2.42. The van der Waals surface area contributed by atoms with E-state index in [2.05, 4.69) is 22.6 Å². The fraction of sp³-hybridized carbons (Fsp3) is 0.500. The van der Waals surface area contributed by atoms with Crippen molar-refractivity contribution in [2.45, 2.75) is 19.3 Å². The van der Waals surface area contributed by atoms with Gasteiger partial charge in [0, 0.05) is 18.8 Å². The van der Waals surface area contributed by atoms with E-state index in [1.54, 1.807) is 0 Å². The number of anilines is 1. The SMILES string of the molecule is Nc1ccc(OCCC2CCN(C(=O)O)CC2)c(I)c1. The monoisotopic (exact) mass is 390 g/mol. The highest BCUT2D eigenvalue weighted by Gasteiger charge is 2.22. The minimum absolute atomic E-state index is 0.553. The Morgan fingerprint density at radius 3 is 2.75 bits per heavy atom. The van der Waals surface area contributed by atoms with Crippen LogP contribution in [0.25, 0.3) is 0 Å². The molecule has 0 spiro atoms. The molecule has 1 heterocycles. The molecule has 1 saturated heterocycles. The number of halogens is 1. The van der Waals surface area contributed by atoms with Crippen molar-refractivity contribution in [3.63, 3.8) is 0 Å². The van der Waals surface area contributed by atoms with Crippen molar-refractivity contribution in [1.29, 1.82) is 0 Å². The van der Waals surface area contributed by atoms with Crippen LogP contribution in [-0.2, 0) is 0 Å². The summed E-state index contributed by atoms with van der Waals surface area (Å²) in [6.45, 7) is 1.94. The second kappa shape index (κ2) is 7.01. The quantitative estimate of drug-likeness (QED) is 0.612. The number of piperidine rings is 1. The lowest BCUT2D eigenvalue weighted by atomic mass is 9.94. The van der Waals surface area contributed by atoms with Crippen LogP contribution in [0, 0.1) is 9.49 Å². The van der Waals surface area contributed by atoms with Gasteiger partial charge in [-0.05, 0) is 66.0 Å². The number of carbonyl (C=O) groups is 1. The van der Waals surface area contributed by atoms with E-state index in [9.17, 15) is 4.79 Å². The molecule has 0 unspecified atom stereocenters. The zero-order valence-corrected chi connectivity index (χ0v) is 13.4. The number of nitrogen functional groups attached to an aromatic ring is 1. The molecular weight excluding hydrogens is 371 g/mol. The summed E-state index contributed by atoms with van der Waals surface area (Å²) in [5.74, 6) is 1.42. The molecule has 0 radical (unpaired) electrons. The van der Waals surface area contributed by atoms with Crippen LogP contribution in [0.2, 0.25) is 0 Å². The van der Waals surface area contributed by atoms with E-state index in [0.717, 1.165) is 34.3 Å². The molecule has 110 valence electrons. The van der Waals surface area contributed by atoms with E-state index in [1.165, 1.54) is 4.90 Å². The minimum atomic E-state index is -0.809. The van der Waals surface area contributed by atoms with Crippen LogP contribution >= 0.6 is 22.6 Å². The first-order valence-corrected chi connectivity index (χ1v) is 7.80. The van der Waals surface area contributed by atoms with Gasteiger partial charge in [-0.25, -0.2) is 4.79 Å². The first kappa shape index (κ1) is 15.2. The first-order chi connectivity index (χ1) is 9.56. The van der Waals surface area contributed by atoms with Crippen LogP contribution in [0.1, 0.15) is 19.3 Å². The van der Waals surface area contributed by atoms with E-state index in [1.807, 2.05) is 18.2 Å². The summed E-state index contributed by atoms with van der Waals surface area (Å²) < 4.78 is 6.79. The minimum Gasteiger partial charge on any atom is -0.492 e. The van der Waals surface area contributed by atoms with Gasteiger partial charge in [0.1, 0.15) is 5.75 Å². The molecule has 1 aromatic carbocycles. The maximum atomic E-state index is 10.8. The van der Waals surface area contributed by atoms with Gasteiger partial charge in [-0.15, -0.1) is 0 Å². The summed E-state index contributed by atoms with van der Waals surface area (Å²) in [7, 11) is 0. The zero-order chi connectivity index (χ0) is 14.5. The topological polar surface area (TPSA) is 75.8 Å². The van der Waals surface area contributed by atoms with E-state index >= 15 is 0 Å². The highest BCUT2D eigenvalue weighted by Crippen LogP contribution is 2.25. The summed E-state index contributed by atoms with van der Waals surface area (Å²) in [5.41, 5.74) is 6.44. The molecule has 0 atom stereocenters. The number of benzene rings is 1. The van der Waals surface area contributed by atoms with Gasteiger partial charge in [0.2, 0.25) is 0 Å². The fourth-order valence-corrected chi connectivity index (χ4v) is 3.08. The van der Waals surface area contributed by atoms with Crippen molar-refractivity contribution < 1.29 is 14.6 Å². The fourth-order valence-electron chi connectivity index (χ4n) is 2.38. The molecule has 1 aliphatic rings. The molecule has 0 saturated carbocycles.